The van der Waals surface area contributed by atoms with Crippen LogP contribution in [0, 0.1) is 5.92 Å². The quantitative estimate of drug-likeness (QED) is 0.794. The van der Waals surface area contributed by atoms with E-state index in [1.54, 1.807) is 0 Å². The summed E-state index contributed by atoms with van der Waals surface area (Å²) in [7, 11) is 0. The van der Waals surface area contributed by atoms with Crippen molar-refractivity contribution in [3.05, 3.63) is 17.8 Å². The van der Waals surface area contributed by atoms with Crippen LogP contribution in [0.3, 0.4) is 0 Å². The molecule has 0 aliphatic heterocycles. The van der Waals surface area contributed by atoms with Crippen molar-refractivity contribution >= 4 is 11.9 Å². The Morgan fingerprint density at radius 3 is 2.89 bits per heavy atom. The Hall–Kier alpha value is -1.85. The van der Waals surface area contributed by atoms with Crippen LogP contribution in [0.4, 0.5) is 0 Å². The molecular weight excluding hydrogens is 236 g/mol. The van der Waals surface area contributed by atoms with Gasteiger partial charge in [-0.2, -0.15) is 0 Å². The fourth-order valence-corrected chi connectivity index (χ4v) is 1.84. The van der Waals surface area contributed by atoms with Gasteiger partial charge >= 0.3 is 5.97 Å². The van der Waals surface area contributed by atoms with Crippen molar-refractivity contribution < 1.29 is 19.1 Å². The van der Waals surface area contributed by atoms with Crippen LogP contribution < -0.4 is 5.32 Å². The van der Waals surface area contributed by atoms with Crippen molar-refractivity contribution in [3.8, 4) is 0 Å². The Kier molecular flexibility index (Phi) is 3.64. The van der Waals surface area contributed by atoms with Crippen molar-refractivity contribution in [2.75, 3.05) is 0 Å². The molecule has 6 heteroatoms. The van der Waals surface area contributed by atoms with E-state index in [-0.39, 0.29) is 5.69 Å². The zero-order chi connectivity index (χ0) is 13.1. The van der Waals surface area contributed by atoms with Crippen molar-refractivity contribution in [1.82, 2.24) is 10.3 Å². The molecule has 1 heterocycles. The number of oxazole rings is 1. The fraction of sp³-hybridized carbons (Fsp3) is 0.583. The minimum absolute atomic E-state index is 0.180. The lowest BCUT2D eigenvalue weighted by Crippen LogP contribution is -2.41. The Balaban J connectivity index is 2.01. The molecule has 2 N–H and O–H groups in total. The number of hydrogen-bond acceptors (Lipinski definition) is 4. The van der Waals surface area contributed by atoms with E-state index in [0.717, 1.165) is 12.8 Å². The van der Waals surface area contributed by atoms with E-state index in [1.807, 2.05) is 6.92 Å². The highest BCUT2D eigenvalue weighted by Crippen LogP contribution is 2.33. The van der Waals surface area contributed by atoms with Crippen LogP contribution in [0.1, 0.15) is 42.4 Å². The van der Waals surface area contributed by atoms with Gasteiger partial charge in [0.25, 0.3) is 5.91 Å². The number of carbonyl (C=O) groups excluding carboxylic acids is 1. The molecule has 0 spiro atoms. The van der Waals surface area contributed by atoms with E-state index in [2.05, 4.69) is 10.3 Å². The monoisotopic (exact) mass is 252 g/mol. The summed E-state index contributed by atoms with van der Waals surface area (Å²) < 4.78 is 5.05. The number of nitrogens with zero attached hydrogens (tertiary/aromatic N) is 1. The normalized spacial score (nSPS) is 16.3. The highest BCUT2D eigenvalue weighted by molar-refractivity contribution is 5.95. The number of hydrogen-bond donors (Lipinski definition) is 2. The molecule has 18 heavy (non-hydrogen) atoms. The van der Waals surface area contributed by atoms with E-state index in [4.69, 9.17) is 9.52 Å². The van der Waals surface area contributed by atoms with Gasteiger partial charge in [0.05, 0.1) is 0 Å². The van der Waals surface area contributed by atoms with E-state index < -0.39 is 17.9 Å². The van der Waals surface area contributed by atoms with E-state index in [1.165, 1.54) is 6.39 Å². The number of aliphatic carboxylic acids is 1. The molecule has 6 nitrogen and oxygen atoms in total. The Morgan fingerprint density at radius 1 is 1.61 bits per heavy atom. The molecule has 1 aromatic rings. The van der Waals surface area contributed by atoms with Gasteiger partial charge in [0, 0.05) is 6.42 Å². The van der Waals surface area contributed by atoms with Crippen LogP contribution in [0.15, 0.2) is 10.8 Å². The van der Waals surface area contributed by atoms with Crippen LogP contribution in [0.2, 0.25) is 0 Å². The van der Waals surface area contributed by atoms with Gasteiger partial charge < -0.3 is 14.8 Å². The molecule has 2 rings (SSSR count). The van der Waals surface area contributed by atoms with E-state index in [9.17, 15) is 9.59 Å². The smallest absolute Gasteiger partial charge is 0.326 e. The highest BCUT2D eigenvalue weighted by atomic mass is 16.4. The molecule has 98 valence electrons. The molecule has 1 atom stereocenters. The summed E-state index contributed by atoms with van der Waals surface area (Å²) in [5.41, 5.74) is 0.180. The summed E-state index contributed by atoms with van der Waals surface area (Å²) in [6.07, 6.45) is 4.32. The van der Waals surface area contributed by atoms with Gasteiger partial charge in [-0.15, -0.1) is 0 Å². The zero-order valence-electron chi connectivity index (χ0n) is 10.2. The molecule has 1 amide bonds. The lowest BCUT2D eigenvalue weighted by molar-refractivity contribution is -0.139. The predicted octanol–water partition coefficient (Wildman–Crippen LogP) is 1.22. The molecule has 1 aliphatic carbocycles. The first-order valence-corrected chi connectivity index (χ1v) is 6.07. The number of carboxylic acid groups (broad SMARTS) is 1. The first-order chi connectivity index (χ1) is 8.61. The van der Waals surface area contributed by atoms with Gasteiger partial charge in [-0.1, -0.05) is 19.8 Å². The summed E-state index contributed by atoms with van der Waals surface area (Å²) in [6.45, 7) is 1.84. The third-order valence-electron chi connectivity index (χ3n) is 3.05. The van der Waals surface area contributed by atoms with Gasteiger partial charge in [0.15, 0.2) is 12.1 Å². The summed E-state index contributed by atoms with van der Waals surface area (Å²) in [6, 6.07) is -0.841. The van der Waals surface area contributed by atoms with Crippen LogP contribution in [-0.2, 0) is 11.2 Å². The van der Waals surface area contributed by atoms with Crippen LogP contribution in [0.25, 0.3) is 0 Å². The maximum atomic E-state index is 11.9. The molecule has 1 aromatic heterocycles. The van der Waals surface area contributed by atoms with E-state index >= 15 is 0 Å². The molecule has 0 bridgehead atoms. The Labute approximate surface area is 104 Å². The van der Waals surface area contributed by atoms with Crippen LogP contribution in [0.5, 0.6) is 0 Å². The third kappa shape index (κ3) is 2.88. The van der Waals surface area contributed by atoms with Gasteiger partial charge in [-0.05, 0) is 12.3 Å². The molecule has 1 aliphatic rings. The van der Waals surface area contributed by atoms with Crippen molar-refractivity contribution in [2.45, 2.75) is 38.6 Å². The summed E-state index contributed by atoms with van der Waals surface area (Å²) in [4.78, 5) is 26.8. The SMILES string of the molecule is CCc1ocnc1C(=O)NC(CC1CC1)C(=O)O. The molecule has 1 fully saturated rings. The summed E-state index contributed by atoms with van der Waals surface area (Å²) in [5.74, 6) is -0.581. The number of rotatable bonds is 6. The molecule has 0 saturated heterocycles. The number of carbonyl (C=O) groups is 2. The molecular formula is C12H16N2O4. The summed E-state index contributed by atoms with van der Waals surface area (Å²) in [5, 5.41) is 11.6. The van der Waals surface area contributed by atoms with Gasteiger partial charge in [-0.25, -0.2) is 9.78 Å². The molecule has 0 radical (unpaired) electrons. The van der Waals surface area contributed by atoms with Crippen molar-refractivity contribution in [1.29, 1.82) is 0 Å². The second-order valence-corrected chi connectivity index (χ2v) is 4.52. The maximum absolute atomic E-state index is 11.9. The van der Waals surface area contributed by atoms with Crippen LogP contribution >= 0.6 is 0 Å². The predicted molar refractivity (Wildman–Crippen MR) is 62.1 cm³/mol. The van der Waals surface area contributed by atoms with Gasteiger partial charge in [0.1, 0.15) is 11.8 Å². The van der Waals surface area contributed by atoms with Gasteiger partial charge in [0.2, 0.25) is 0 Å². The number of carboxylic acids is 1. The highest BCUT2D eigenvalue weighted by Gasteiger charge is 2.31. The topological polar surface area (TPSA) is 92.4 Å². The maximum Gasteiger partial charge on any atom is 0.326 e. The average Bonchev–Trinajstić information content (AvgIpc) is 3.02. The van der Waals surface area contributed by atoms with Gasteiger partial charge in [-0.3, -0.25) is 4.79 Å². The standard InChI is InChI=1S/C12H16N2O4/c1-2-9-10(13-6-18-9)11(15)14-8(12(16)17)5-7-3-4-7/h6-8H,2-5H2,1H3,(H,14,15)(H,16,17). The average molecular weight is 252 g/mol. The number of aryl methyl sites for hydroxylation is 1. The molecule has 0 aromatic carbocycles. The van der Waals surface area contributed by atoms with E-state index in [0.29, 0.717) is 24.5 Å². The minimum atomic E-state index is -1.00. The molecule has 1 saturated carbocycles. The number of aromatic nitrogens is 1. The summed E-state index contributed by atoms with van der Waals surface area (Å²) >= 11 is 0. The zero-order valence-corrected chi connectivity index (χ0v) is 10.2. The number of amides is 1. The first-order valence-electron chi connectivity index (χ1n) is 6.07. The lowest BCUT2D eigenvalue weighted by atomic mass is 10.1. The second kappa shape index (κ2) is 5.20. The Bertz CT molecular complexity index is 451. The lowest BCUT2D eigenvalue weighted by Gasteiger charge is -2.13. The fourth-order valence-electron chi connectivity index (χ4n) is 1.84. The first kappa shape index (κ1) is 12.6. The minimum Gasteiger partial charge on any atom is -0.480 e. The number of nitrogens with one attached hydrogen (secondary N) is 1. The third-order valence-corrected chi connectivity index (χ3v) is 3.05. The van der Waals surface area contributed by atoms with Crippen molar-refractivity contribution in [2.24, 2.45) is 5.92 Å². The van der Waals surface area contributed by atoms with Crippen molar-refractivity contribution in [3.63, 3.8) is 0 Å². The Morgan fingerprint density at radius 2 is 2.33 bits per heavy atom. The second-order valence-electron chi connectivity index (χ2n) is 4.52. The molecule has 1 unspecified atom stereocenters. The largest absolute Gasteiger partial charge is 0.480 e. The van der Waals surface area contributed by atoms with Crippen LogP contribution in [-0.4, -0.2) is 28.0 Å².